The highest BCUT2D eigenvalue weighted by Gasteiger charge is 2.35. The van der Waals surface area contributed by atoms with Crippen molar-refractivity contribution in [2.45, 2.75) is 38.7 Å². The Bertz CT molecular complexity index is 1100. The molecule has 0 fully saturated rings. The van der Waals surface area contributed by atoms with Crippen LogP contribution < -0.4 is 14.4 Å². The summed E-state index contributed by atoms with van der Waals surface area (Å²) in [7, 11) is -3.61. The maximum absolute atomic E-state index is 12.8. The van der Waals surface area contributed by atoms with Crippen molar-refractivity contribution >= 4 is 27.3 Å². The molecule has 0 radical (unpaired) electrons. The van der Waals surface area contributed by atoms with Gasteiger partial charge < -0.3 is 10.1 Å². The Hall–Kier alpha value is -3.05. The highest BCUT2D eigenvalue weighted by Crippen LogP contribution is 2.38. The molecule has 0 saturated carbocycles. The molecule has 1 heterocycles. The lowest BCUT2D eigenvalue weighted by molar-refractivity contribution is -0.122. The van der Waals surface area contributed by atoms with Crippen molar-refractivity contribution in [1.29, 1.82) is 5.26 Å². The van der Waals surface area contributed by atoms with E-state index in [1.54, 1.807) is 36.4 Å². The summed E-state index contributed by atoms with van der Waals surface area (Å²) in [4.78, 5) is 12.8. The summed E-state index contributed by atoms with van der Waals surface area (Å²) in [6.07, 6.45) is 0.414. The van der Waals surface area contributed by atoms with Crippen LogP contribution >= 0.6 is 0 Å². The van der Waals surface area contributed by atoms with Gasteiger partial charge in [-0.15, -0.1) is 0 Å². The minimum absolute atomic E-state index is 0.113. The smallest absolute Gasteiger partial charge is 0.267 e. The molecule has 0 spiro atoms. The summed E-state index contributed by atoms with van der Waals surface area (Å²) < 4.78 is 32.0. The molecule has 0 bridgehead atoms. The Morgan fingerprint density at radius 2 is 1.90 bits per heavy atom. The third kappa shape index (κ3) is 4.74. The SMILES string of the molecule is CC(C)(C)c1ccc2c(c1)N(S(C)(=O)=O)CC(C(=O)Nc1ccc(CC#N)cc1)O2. The second-order valence-corrected chi connectivity index (χ2v) is 10.3. The molecule has 7 nitrogen and oxygen atoms in total. The van der Waals surface area contributed by atoms with Crippen LogP contribution in [-0.2, 0) is 26.7 Å². The number of rotatable bonds is 4. The monoisotopic (exact) mass is 427 g/mol. The molecule has 1 atom stereocenters. The van der Waals surface area contributed by atoms with Crippen molar-refractivity contribution in [3.8, 4) is 11.8 Å². The topological polar surface area (TPSA) is 99.5 Å². The molecule has 1 aliphatic rings. The first kappa shape index (κ1) is 21.7. The predicted molar refractivity (Wildman–Crippen MR) is 116 cm³/mol. The van der Waals surface area contributed by atoms with Gasteiger partial charge in [-0.3, -0.25) is 9.10 Å². The number of ether oxygens (including phenoxy) is 1. The number of nitriles is 1. The zero-order valence-corrected chi connectivity index (χ0v) is 18.3. The normalized spacial score (nSPS) is 16.2. The molecule has 158 valence electrons. The average molecular weight is 428 g/mol. The summed E-state index contributed by atoms with van der Waals surface area (Å²) in [5.41, 5.74) is 2.64. The first-order valence-corrected chi connectivity index (χ1v) is 11.4. The van der Waals surface area contributed by atoms with Crippen molar-refractivity contribution in [3.63, 3.8) is 0 Å². The fourth-order valence-electron chi connectivity index (χ4n) is 3.19. The van der Waals surface area contributed by atoms with Gasteiger partial charge in [0.25, 0.3) is 5.91 Å². The number of amides is 1. The Morgan fingerprint density at radius 3 is 2.47 bits per heavy atom. The van der Waals surface area contributed by atoms with Gasteiger partial charge in [-0.1, -0.05) is 39.0 Å². The maximum Gasteiger partial charge on any atom is 0.267 e. The number of hydrogen-bond acceptors (Lipinski definition) is 5. The van der Waals surface area contributed by atoms with E-state index in [2.05, 4.69) is 11.4 Å². The van der Waals surface area contributed by atoms with Crippen LogP contribution in [0.25, 0.3) is 0 Å². The second-order valence-electron chi connectivity index (χ2n) is 8.35. The number of anilines is 2. The molecule has 1 unspecified atom stereocenters. The number of nitrogens with zero attached hydrogens (tertiary/aromatic N) is 2. The zero-order chi connectivity index (χ0) is 22.1. The van der Waals surface area contributed by atoms with E-state index in [0.717, 1.165) is 17.4 Å². The quantitative estimate of drug-likeness (QED) is 0.808. The van der Waals surface area contributed by atoms with Crippen LogP contribution in [0.15, 0.2) is 42.5 Å². The van der Waals surface area contributed by atoms with Gasteiger partial charge in [0.1, 0.15) is 5.75 Å². The van der Waals surface area contributed by atoms with Gasteiger partial charge in [0.15, 0.2) is 6.10 Å². The van der Waals surface area contributed by atoms with Crippen LogP contribution in [0, 0.1) is 11.3 Å². The van der Waals surface area contributed by atoms with Gasteiger partial charge in [-0.05, 0) is 40.8 Å². The number of benzene rings is 2. The molecule has 30 heavy (non-hydrogen) atoms. The van der Waals surface area contributed by atoms with E-state index in [9.17, 15) is 13.2 Å². The van der Waals surface area contributed by atoms with Crippen molar-refractivity contribution < 1.29 is 17.9 Å². The molecule has 3 rings (SSSR count). The standard InChI is InChI=1S/C22H25N3O4S/c1-22(2,3)16-7-10-19-18(13-16)25(30(4,27)28)14-20(29-19)21(26)24-17-8-5-15(6-9-17)11-12-23/h5-10,13,20H,11,14H2,1-4H3,(H,24,26). The van der Waals surface area contributed by atoms with Crippen molar-refractivity contribution in [2.24, 2.45) is 0 Å². The molecular weight excluding hydrogens is 402 g/mol. The number of sulfonamides is 1. The third-order valence-corrected chi connectivity index (χ3v) is 6.04. The maximum atomic E-state index is 12.8. The molecule has 2 aromatic rings. The minimum atomic E-state index is -3.61. The molecule has 2 aromatic carbocycles. The fraction of sp³-hybridized carbons (Fsp3) is 0.364. The van der Waals surface area contributed by atoms with Gasteiger partial charge in [0.2, 0.25) is 10.0 Å². The second kappa shape index (κ2) is 8.00. The summed E-state index contributed by atoms with van der Waals surface area (Å²) >= 11 is 0. The van der Waals surface area contributed by atoms with Gasteiger partial charge in [0.05, 0.1) is 31.0 Å². The van der Waals surface area contributed by atoms with Gasteiger partial charge in [-0.25, -0.2) is 8.42 Å². The van der Waals surface area contributed by atoms with E-state index in [0.29, 0.717) is 17.1 Å². The third-order valence-electron chi connectivity index (χ3n) is 4.89. The largest absolute Gasteiger partial charge is 0.476 e. The summed E-state index contributed by atoms with van der Waals surface area (Å²) in [5, 5.41) is 11.5. The van der Waals surface area contributed by atoms with Crippen LogP contribution in [-0.4, -0.2) is 33.2 Å². The molecular formula is C22H25N3O4S. The highest BCUT2D eigenvalue weighted by molar-refractivity contribution is 7.92. The number of nitrogens with one attached hydrogen (secondary N) is 1. The average Bonchev–Trinajstić information content (AvgIpc) is 2.67. The van der Waals surface area contributed by atoms with Crippen LogP contribution in [0.3, 0.4) is 0 Å². The lowest BCUT2D eigenvalue weighted by atomic mass is 9.86. The van der Waals surface area contributed by atoms with E-state index in [4.69, 9.17) is 10.00 Å². The molecule has 1 N–H and O–H groups in total. The Labute approximate surface area is 177 Å². The van der Waals surface area contributed by atoms with Crippen molar-refractivity contribution in [3.05, 3.63) is 53.6 Å². The van der Waals surface area contributed by atoms with Crippen LogP contribution in [0.4, 0.5) is 11.4 Å². The summed E-state index contributed by atoms with van der Waals surface area (Å²) in [6, 6.07) is 14.4. The molecule has 8 heteroatoms. The van der Waals surface area contributed by atoms with E-state index in [1.165, 1.54) is 4.31 Å². The molecule has 0 saturated heterocycles. The Morgan fingerprint density at radius 1 is 1.23 bits per heavy atom. The Balaban J connectivity index is 1.86. The first-order chi connectivity index (χ1) is 14.0. The molecule has 1 aliphatic heterocycles. The molecule has 0 aromatic heterocycles. The lowest BCUT2D eigenvalue weighted by Gasteiger charge is -2.35. The minimum Gasteiger partial charge on any atom is -0.476 e. The van der Waals surface area contributed by atoms with Gasteiger partial charge in [0, 0.05) is 5.69 Å². The number of fused-ring (bicyclic) bond motifs is 1. The van der Waals surface area contributed by atoms with E-state index in [-0.39, 0.29) is 18.4 Å². The van der Waals surface area contributed by atoms with E-state index >= 15 is 0 Å². The summed E-state index contributed by atoms with van der Waals surface area (Å²) in [6.45, 7) is 6.02. The Kier molecular flexibility index (Phi) is 5.77. The fourth-order valence-corrected chi connectivity index (χ4v) is 4.09. The first-order valence-electron chi connectivity index (χ1n) is 9.54. The van der Waals surface area contributed by atoms with Crippen molar-refractivity contribution in [2.75, 3.05) is 22.4 Å². The highest BCUT2D eigenvalue weighted by atomic mass is 32.2. The van der Waals surface area contributed by atoms with Crippen LogP contribution in [0.1, 0.15) is 31.9 Å². The molecule has 1 amide bonds. The number of hydrogen-bond donors (Lipinski definition) is 1. The van der Waals surface area contributed by atoms with E-state index in [1.807, 2.05) is 26.8 Å². The lowest BCUT2D eigenvalue weighted by Crippen LogP contribution is -2.48. The van der Waals surface area contributed by atoms with Crippen molar-refractivity contribution in [1.82, 2.24) is 0 Å². The molecule has 0 aliphatic carbocycles. The number of carbonyl (C=O) groups is 1. The predicted octanol–water partition coefficient (Wildman–Crippen LogP) is 3.22. The van der Waals surface area contributed by atoms with Gasteiger partial charge in [-0.2, -0.15) is 5.26 Å². The van der Waals surface area contributed by atoms with Crippen LogP contribution in [0.2, 0.25) is 0 Å². The summed E-state index contributed by atoms with van der Waals surface area (Å²) in [5.74, 6) is -0.0913. The number of carbonyl (C=O) groups excluding carboxylic acids is 1. The van der Waals surface area contributed by atoms with E-state index < -0.39 is 22.0 Å². The zero-order valence-electron chi connectivity index (χ0n) is 17.5. The van der Waals surface area contributed by atoms with Crippen LogP contribution in [0.5, 0.6) is 5.75 Å². The van der Waals surface area contributed by atoms with Gasteiger partial charge >= 0.3 is 0 Å².